The first kappa shape index (κ1) is 16.2. The van der Waals surface area contributed by atoms with Crippen molar-refractivity contribution in [1.29, 1.82) is 0 Å². The second-order valence-electron chi connectivity index (χ2n) is 6.43. The monoisotopic (exact) mass is 321 g/mol. The minimum atomic E-state index is -0.133. The summed E-state index contributed by atoms with van der Waals surface area (Å²) in [6.45, 7) is 5.16. The Labute approximate surface area is 137 Å². The second kappa shape index (κ2) is 7.77. The molecule has 2 N–H and O–H groups in total. The molecular formula is C16H27N5O2. The molecule has 1 aromatic rings. The number of carbonyl (C=O) groups is 1. The Morgan fingerprint density at radius 1 is 1.39 bits per heavy atom. The van der Waals surface area contributed by atoms with Crippen LogP contribution in [0, 0.1) is 5.92 Å². The maximum Gasteiger partial charge on any atom is 0.315 e. The van der Waals surface area contributed by atoms with E-state index in [1.54, 1.807) is 0 Å². The summed E-state index contributed by atoms with van der Waals surface area (Å²) in [5.74, 6) is 2.53. The fourth-order valence-corrected chi connectivity index (χ4v) is 2.81. The lowest BCUT2D eigenvalue weighted by Gasteiger charge is -2.23. The zero-order valence-electron chi connectivity index (χ0n) is 13.9. The zero-order chi connectivity index (χ0) is 16.1. The minimum Gasteiger partial charge on any atom is -0.381 e. The summed E-state index contributed by atoms with van der Waals surface area (Å²) in [5, 5.41) is 10.4. The lowest BCUT2D eigenvalue weighted by molar-refractivity contribution is 0.122. The Morgan fingerprint density at radius 2 is 2.26 bits per heavy atom. The third-order valence-electron chi connectivity index (χ3n) is 4.34. The number of aryl methyl sites for hydroxylation is 2. The molecule has 2 amide bonds. The number of hydrogen-bond acceptors (Lipinski definition) is 4. The summed E-state index contributed by atoms with van der Waals surface area (Å²) in [4.78, 5) is 16.6. The molecule has 23 heavy (non-hydrogen) atoms. The molecule has 1 aromatic heterocycles. The summed E-state index contributed by atoms with van der Waals surface area (Å²) < 4.78 is 7.49. The molecule has 128 valence electrons. The van der Waals surface area contributed by atoms with Crippen LogP contribution < -0.4 is 10.6 Å². The molecule has 2 aliphatic rings. The molecule has 2 heterocycles. The van der Waals surface area contributed by atoms with E-state index in [9.17, 15) is 4.79 Å². The molecule has 7 nitrogen and oxygen atoms in total. The van der Waals surface area contributed by atoms with E-state index in [0.29, 0.717) is 13.2 Å². The van der Waals surface area contributed by atoms with Crippen molar-refractivity contribution >= 4 is 6.03 Å². The number of hydrogen-bond donors (Lipinski definition) is 2. The Morgan fingerprint density at radius 3 is 3.04 bits per heavy atom. The molecule has 7 heteroatoms. The number of ether oxygens (including phenoxy) is 1. The second-order valence-corrected chi connectivity index (χ2v) is 6.43. The fraction of sp³-hybridized carbons (Fsp3) is 0.812. The zero-order valence-corrected chi connectivity index (χ0v) is 13.9. The Hall–Kier alpha value is -1.63. The molecule has 1 aliphatic heterocycles. The third kappa shape index (κ3) is 4.67. The van der Waals surface area contributed by atoms with Crippen molar-refractivity contribution in [1.82, 2.24) is 25.4 Å². The van der Waals surface area contributed by atoms with Crippen LogP contribution in [0.1, 0.15) is 56.7 Å². The van der Waals surface area contributed by atoms with Gasteiger partial charge in [-0.15, -0.1) is 0 Å². The quantitative estimate of drug-likeness (QED) is 0.715. The lowest BCUT2D eigenvalue weighted by Crippen LogP contribution is -2.40. The number of amides is 2. The first-order valence-electron chi connectivity index (χ1n) is 8.82. The van der Waals surface area contributed by atoms with Gasteiger partial charge in [0.25, 0.3) is 0 Å². The van der Waals surface area contributed by atoms with E-state index < -0.39 is 0 Å². The van der Waals surface area contributed by atoms with Crippen molar-refractivity contribution in [3.05, 3.63) is 11.6 Å². The van der Waals surface area contributed by atoms with Gasteiger partial charge in [-0.2, -0.15) is 5.10 Å². The smallest absolute Gasteiger partial charge is 0.315 e. The van der Waals surface area contributed by atoms with Gasteiger partial charge in [0.15, 0.2) is 5.82 Å². The molecule has 0 radical (unpaired) electrons. The van der Waals surface area contributed by atoms with Gasteiger partial charge in [-0.1, -0.05) is 6.92 Å². The molecule has 1 saturated carbocycles. The Bertz CT molecular complexity index is 527. The van der Waals surface area contributed by atoms with Crippen LogP contribution in [0.2, 0.25) is 0 Å². The standard InChI is InChI=1S/C16H27N5O2/c1-2-14-19-15-13(5-3-9-21(15)20-14)18-16(22)17-8-4-10-23-11-12-6-7-12/h12-13H,2-11H2,1H3,(H2,17,18,22)/t13-/m0/s1. The number of carbonyl (C=O) groups excluding carboxylic acids is 1. The van der Waals surface area contributed by atoms with Crippen LogP contribution >= 0.6 is 0 Å². The number of aromatic nitrogens is 3. The molecule has 3 rings (SSSR count). The lowest BCUT2D eigenvalue weighted by atomic mass is 10.1. The molecule has 0 bridgehead atoms. The van der Waals surface area contributed by atoms with Gasteiger partial charge in [0.1, 0.15) is 5.82 Å². The van der Waals surface area contributed by atoms with Gasteiger partial charge in [-0.25, -0.2) is 14.5 Å². The SMILES string of the molecule is CCc1nc2n(n1)CCC[C@@H]2NC(=O)NCCCOCC1CC1. The van der Waals surface area contributed by atoms with Crippen molar-refractivity contribution in [2.24, 2.45) is 5.92 Å². The normalized spacial score (nSPS) is 20.1. The topological polar surface area (TPSA) is 81.1 Å². The van der Waals surface area contributed by atoms with Gasteiger partial charge in [0.05, 0.1) is 6.04 Å². The van der Waals surface area contributed by atoms with Crippen molar-refractivity contribution < 1.29 is 9.53 Å². The summed E-state index contributed by atoms with van der Waals surface area (Å²) >= 11 is 0. The molecular weight excluding hydrogens is 294 g/mol. The molecule has 0 spiro atoms. The van der Waals surface area contributed by atoms with Crippen LogP contribution in [-0.4, -0.2) is 40.6 Å². The third-order valence-corrected chi connectivity index (χ3v) is 4.34. The summed E-state index contributed by atoms with van der Waals surface area (Å²) in [6, 6.07) is -0.172. The minimum absolute atomic E-state index is 0.0392. The van der Waals surface area contributed by atoms with E-state index in [0.717, 1.165) is 56.4 Å². The number of rotatable bonds is 8. The molecule has 1 aliphatic carbocycles. The fourth-order valence-electron chi connectivity index (χ4n) is 2.81. The van der Waals surface area contributed by atoms with Crippen molar-refractivity contribution in [2.45, 2.75) is 58.0 Å². The van der Waals surface area contributed by atoms with E-state index in [1.807, 2.05) is 11.6 Å². The van der Waals surface area contributed by atoms with E-state index in [4.69, 9.17) is 4.74 Å². The molecule has 0 saturated heterocycles. The molecule has 1 atom stereocenters. The predicted molar refractivity (Wildman–Crippen MR) is 86.1 cm³/mol. The number of fused-ring (bicyclic) bond motifs is 1. The first-order chi connectivity index (χ1) is 11.3. The van der Waals surface area contributed by atoms with E-state index in [2.05, 4.69) is 20.7 Å². The van der Waals surface area contributed by atoms with Gasteiger partial charge in [0.2, 0.25) is 0 Å². The summed E-state index contributed by atoms with van der Waals surface area (Å²) in [5.41, 5.74) is 0. The van der Waals surface area contributed by atoms with Gasteiger partial charge < -0.3 is 15.4 Å². The average Bonchev–Trinajstić information content (AvgIpc) is 3.27. The van der Waals surface area contributed by atoms with E-state index >= 15 is 0 Å². The average molecular weight is 321 g/mol. The number of urea groups is 1. The van der Waals surface area contributed by atoms with Crippen LogP contribution in [0.3, 0.4) is 0 Å². The van der Waals surface area contributed by atoms with E-state index in [-0.39, 0.29) is 12.1 Å². The predicted octanol–water partition coefficient (Wildman–Crippen LogP) is 1.79. The van der Waals surface area contributed by atoms with Gasteiger partial charge in [-0.3, -0.25) is 0 Å². The highest BCUT2D eigenvalue weighted by atomic mass is 16.5. The Balaban J connectivity index is 1.37. The Kier molecular flexibility index (Phi) is 5.48. The van der Waals surface area contributed by atoms with Crippen molar-refractivity contribution in [2.75, 3.05) is 19.8 Å². The van der Waals surface area contributed by atoms with Crippen LogP contribution in [0.4, 0.5) is 4.79 Å². The highest BCUT2D eigenvalue weighted by molar-refractivity contribution is 5.74. The van der Waals surface area contributed by atoms with Gasteiger partial charge in [-0.05, 0) is 38.0 Å². The maximum atomic E-state index is 12.0. The summed E-state index contributed by atoms with van der Waals surface area (Å²) in [7, 11) is 0. The van der Waals surface area contributed by atoms with Crippen LogP contribution in [0.5, 0.6) is 0 Å². The van der Waals surface area contributed by atoms with Crippen LogP contribution in [-0.2, 0) is 17.7 Å². The first-order valence-corrected chi connectivity index (χ1v) is 8.82. The van der Waals surface area contributed by atoms with Gasteiger partial charge in [0, 0.05) is 32.7 Å². The van der Waals surface area contributed by atoms with Gasteiger partial charge >= 0.3 is 6.03 Å². The summed E-state index contributed by atoms with van der Waals surface area (Å²) in [6.07, 6.45) is 6.22. The molecule has 0 unspecified atom stereocenters. The van der Waals surface area contributed by atoms with Crippen LogP contribution in [0.25, 0.3) is 0 Å². The molecule has 0 aromatic carbocycles. The van der Waals surface area contributed by atoms with E-state index in [1.165, 1.54) is 12.8 Å². The number of nitrogens with one attached hydrogen (secondary N) is 2. The maximum absolute atomic E-state index is 12.0. The van der Waals surface area contributed by atoms with Crippen molar-refractivity contribution in [3.8, 4) is 0 Å². The highest BCUT2D eigenvalue weighted by Gasteiger charge is 2.25. The van der Waals surface area contributed by atoms with Crippen LogP contribution in [0.15, 0.2) is 0 Å². The molecule has 1 fully saturated rings. The van der Waals surface area contributed by atoms with Crippen molar-refractivity contribution in [3.63, 3.8) is 0 Å². The largest absolute Gasteiger partial charge is 0.381 e. The number of nitrogens with zero attached hydrogens (tertiary/aromatic N) is 3. The highest BCUT2D eigenvalue weighted by Crippen LogP contribution is 2.28.